The number of methoxy groups -OCH3 is 1. The number of ether oxygens (including phenoxy) is 1. The van der Waals surface area contributed by atoms with Gasteiger partial charge in [0.25, 0.3) is 0 Å². The van der Waals surface area contributed by atoms with E-state index in [4.69, 9.17) is 0 Å². The Balaban J connectivity index is 3.93. The number of nitrogens with one attached hydrogen (secondary N) is 1. The molecule has 0 aliphatic heterocycles. The molecule has 108 valence electrons. The third kappa shape index (κ3) is 10.1. The molecule has 4 heteroatoms. The van der Waals surface area contributed by atoms with Gasteiger partial charge in [-0.3, -0.25) is 9.59 Å². The summed E-state index contributed by atoms with van der Waals surface area (Å²) in [5.41, 5.74) is 0. The second-order valence-corrected chi connectivity index (χ2v) is 4.76. The summed E-state index contributed by atoms with van der Waals surface area (Å²) in [6.07, 6.45) is 9.36. The Morgan fingerprint density at radius 1 is 1.26 bits per heavy atom. The highest BCUT2D eigenvalue weighted by molar-refractivity contribution is 5.90. The fraction of sp³-hybridized carbons (Fsp3) is 0.600. The van der Waals surface area contributed by atoms with Crippen molar-refractivity contribution in [1.82, 2.24) is 5.32 Å². The van der Waals surface area contributed by atoms with E-state index < -0.39 is 5.97 Å². The largest absolute Gasteiger partial charge is 0.468 e. The van der Waals surface area contributed by atoms with Crippen molar-refractivity contribution in [3.8, 4) is 0 Å². The maximum atomic E-state index is 11.3. The van der Waals surface area contributed by atoms with Crippen molar-refractivity contribution in [3.05, 3.63) is 24.3 Å². The Kier molecular flexibility index (Phi) is 9.49. The lowest BCUT2D eigenvalue weighted by Gasteiger charge is -2.11. The molecule has 0 aliphatic rings. The minimum atomic E-state index is -0.459. The lowest BCUT2D eigenvalue weighted by molar-refractivity contribution is -0.140. The summed E-state index contributed by atoms with van der Waals surface area (Å²) in [5.74, 6) is 0.453. The Morgan fingerprint density at radius 3 is 2.53 bits per heavy atom. The van der Waals surface area contributed by atoms with E-state index in [1.54, 1.807) is 6.08 Å². The van der Waals surface area contributed by atoms with Gasteiger partial charge < -0.3 is 10.1 Å². The molecule has 0 radical (unpaired) electrons. The van der Waals surface area contributed by atoms with Crippen LogP contribution in [0, 0.1) is 11.8 Å². The maximum absolute atomic E-state index is 11.3. The molecule has 0 aromatic heterocycles. The molecule has 19 heavy (non-hydrogen) atoms. The molecule has 0 aromatic rings. The summed E-state index contributed by atoms with van der Waals surface area (Å²) in [5, 5.41) is 2.43. The van der Waals surface area contributed by atoms with Crippen molar-refractivity contribution in [2.45, 2.75) is 33.6 Å². The van der Waals surface area contributed by atoms with Crippen LogP contribution < -0.4 is 5.32 Å². The number of esters is 1. The number of amides is 1. The second-order valence-electron chi connectivity index (χ2n) is 4.76. The van der Waals surface area contributed by atoms with Crippen LogP contribution in [0.2, 0.25) is 0 Å². The normalized spacial score (nSPS) is 14.5. The lowest BCUT2D eigenvalue weighted by atomic mass is 9.95. The molecule has 0 saturated carbocycles. The Morgan fingerprint density at radius 2 is 1.95 bits per heavy atom. The third-order valence-electron chi connectivity index (χ3n) is 2.90. The first-order chi connectivity index (χ1) is 8.99. The number of hydrogen-bond acceptors (Lipinski definition) is 3. The summed E-state index contributed by atoms with van der Waals surface area (Å²) in [7, 11) is 1.28. The number of carbonyl (C=O) groups excluding carboxylic acids is 2. The van der Waals surface area contributed by atoms with Crippen molar-refractivity contribution < 1.29 is 14.3 Å². The zero-order valence-corrected chi connectivity index (χ0v) is 12.3. The predicted octanol–water partition coefficient (Wildman–Crippen LogP) is 2.46. The van der Waals surface area contributed by atoms with Gasteiger partial charge in [0.05, 0.1) is 7.11 Å². The van der Waals surface area contributed by atoms with Crippen LogP contribution in [0.4, 0.5) is 0 Å². The SMILES string of the molecule is CCC(C)CC(C)/C=C/C=C/C(=O)NCC(=O)OC. The molecule has 0 spiro atoms. The van der Waals surface area contributed by atoms with Gasteiger partial charge in [0.2, 0.25) is 5.91 Å². The van der Waals surface area contributed by atoms with Gasteiger partial charge in [-0.05, 0) is 18.3 Å². The minimum absolute atomic E-state index is 0.103. The van der Waals surface area contributed by atoms with Gasteiger partial charge in [-0.1, -0.05) is 45.4 Å². The highest BCUT2D eigenvalue weighted by Crippen LogP contribution is 2.15. The van der Waals surface area contributed by atoms with E-state index in [1.165, 1.54) is 19.6 Å². The first-order valence-corrected chi connectivity index (χ1v) is 6.69. The minimum Gasteiger partial charge on any atom is -0.468 e. The van der Waals surface area contributed by atoms with Crippen LogP contribution in [-0.2, 0) is 14.3 Å². The van der Waals surface area contributed by atoms with E-state index in [9.17, 15) is 9.59 Å². The number of allylic oxidation sites excluding steroid dienone is 3. The standard InChI is InChI=1S/C15H25NO3/c1-5-12(2)10-13(3)8-6-7-9-14(17)16-11-15(18)19-4/h6-9,12-13H,5,10-11H2,1-4H3,(H,16,17)/b8-6+,9-7+. The van der Waals surface area contributed by atoms with Crippen LogP contribution in [-0.4, -0.2) is 25.5 Å². The van der Waals surface area contributed by atoms with E-state index in [-0.39, 0.29) is 12.5 Å². The third-order valence-corrected chi connectivity index (χ3v) is 2.90. The fourth-order valence-electron chi connectivity index (χ4n) is 1.57. The molecule has 2 unspecified atom stereocenters. The van der Waals surface area contributed by atoms with E-state index in [2.05, 4.69) is 36.9 Å². The van der Waals surface area contributed by atoms with Crippen LogP contribution in [0.15, 0.2) is 24.3 Å². The monoisotopic (exact) mass is 267 g/mol. The average Bonchev–Trinajstić information content (AvgIpc) is 2.40. The predicted molar refractivity (Wildman–Crippen MR) is 76.5 cm³/mol. The van der Waals surface area contributed by atoms with Gasteiger partial charge in [-0.2, -0.15) is 0 Å². The Bertz CT molecular complexity index is 334. The summed E-state index contributed by atoms with van der Waals surface area (Å²) >= 11 is 0. The van der Waals surface area contributed by atoms with Gasteiger partial charge >= 0.3 is 5.97 Å². The average molecular weight is 267 g/mol. The van der Waals surface area contributed by atoms with E-state index in [0.29, 0.717) is 11.8 Å². The molecule has 2 atom stereocenters. The molecule has 0 fully saturated rings. The molecule has 0 heterocycles. The fourth-order valence-corrected chi connectivity index (χ4v) is 1.57. The summed E-state index contributed by atoms with van der Waals surface area (Å²) in [6.45, 7) is 6.48. The van der Waals surface area contributed by atoms with Crippen molar-refractivity contribution in [2.24, 2.45) is 11.8 Å². The first kappa shape index (κ1) is 17.4. The molecular weight excluding hydrogens is 242 g/mol. The zero-order chi connectivity index (χ0) is 14.7. The number of hydrogen-bond donors (Lipinski definition) is 1. The molecule has 1 amide bonds. The van der Waals surface area contributed by atoms with E-state index >= 15 is 0 Å². The molecule has 0 bridgehead atoms. The Hall–Kier alpha value is -1.58. The van der Waals surface area contributed by atoms with Crippen LogP contribution in [0.1, 0.15) is 33.6 Å². The number of rotatable bonds is 8. The van der Waals surface area contributed by atoms with Gasteiger partial charge in [0.15, 0.2) is 0 Å². The van der Waals surface area contributed by atoms with Crippen LogP contribution in [0.3, 0.4) is 0 Å². The molecule has 0 aliphatic carbocycles. The van der Waals surface area contributed by atoms with Gasteiger partial charge in [-0.25, -0.2) is 0 Å². The highest BCUT2D eigenvalue weighted by Gasteiger charge is 2.03. The zero-order valence-electron chi connectivity index (χ0n) is 12.3. The van der Waals surface area contributed by atoms with Crippen LogP contribution >= 0.6 is 0 Å². The van der Waals surface area contributed by atoms with E-state index in [0.717, 1.165) is 6.42 Å². The highest BCUT2D eigenvalue weighted by atomic mass is 16.5. The molecule has 0 rings (SSSR count). The van der Waals surface area contributed by atoms with Crippen molar-refractivity contribution in [2.75, 3.05) is 13.7 Å². The van der Waals surface area contributed by atoms with Crippen molar-refractivity contribution >= 4 is 11.9 Å². The van der Waals surface area contributed by atoms with Gasteiger partial charge in [0, 0.05) is 6.08 Å². The summed E-state index contributed by atoms with van der Waals surface area (Å²) in [6, 6.07) is 0. The first-order valence-electron chi connectivity index (χ1n) is 6.69. The topological polar surface area (TPSA) is 55.4 Å². The smallest absolute Gasteiger partial charge is 0.325 e. The van der Waals surface area contributed by atoms with E-state index in [1.807, 2.05) is 6.08 Å². The van der Waals surface area contributed by atoms with Crippen LogP contribution in [0.5, 0.6) is 0 Å². The molecule has 0 saturated heterocycles. The summed E-state index contributed by atoms with van der Waals surface area (Å²) in [4.78, 5) is 22.1. The Labute approximate surface area is 115 Å². The summed E-state index contributed by atoms with van der Waals surface area (Å²) < 4.78 is 4.41. The second kappa shape index (κ2) is 10.4. The van der Waals surface area contributed by atoms with Gasteiger partial charge in [0.1, 0.15) is 6.54 Å². The quantitative estimate of drug-likeness (QED) is 0.417. The van der Waals surface area contributed by atoms with Crippen molar-refractivity contribution in [1.29, 1.82) is 0 Å². The number of carbonyl (C=O) groups is 2. The van der Waals surface area contributed by atoms with Crippen LogP contribution in [0.25, 0.3) is 0 Å². The molecule has 4 nitrogen and oxygen atoms in total. The maximum Gasteiger partial charge on any atom is 0.325 e. The van der Waals surface area contributed by atoms with Crippen molar-refractivity contribution in [3.63, 3.8) is 0 Å². The van der Waals surface area contributed by atoms with Gasteiger partial charge in [-0.15, -0.1) is 0 Å². The molecular formula is C15H25NO3. The molecule has 0 aromatic carbocycles. The lowest BCUT2D eigenvalue weighted by Crippen LogP contribution is -2.28. The molecule has 1 N–H and O–H groups in total.